The van der Waals surface area contributed by atoms with Crippen molar-refractivity contribution in [1.82, 2.24) is 5.32 Å². The van der Waals surface area contributed by atoms with Crippen molar-refractivity contribution in [3.63, 3.8) is 0 Å². The van der Waals surface area contributed by atoms with E-state index in [9.17, 15) is 18.9 Å². The molecule has 0 bridgehead atoms. The third kappa shape index (κ3) is 2.73. The predicted octanol–water partition coefficient (Wildman–Crippen LogP) is 2.00. The lowest BCUT2D eigenvalue weighted by Gasteiger charge is -2.23. The molecule has 2 rings (SSSR count). The molecule has 1 fully saturated rings. The van der Waals surface area contributed by atoms with E-state index in [0.717, 1.165) is 19.2 Å². The zero-order valence-electron chi connectivity index (χ0n) is 9.49. The zero-order chi connectivity index (χ0) is 13.1. The van der Waals surface area contributed by atoms with Crippen molar-refractivity contribution in [2.45, 2.75) is 18.9 Å². The summed E-state index contributed by atoms with van der Waals surface area (Å²) >= 11 is 0. The highest BCUT2D eigenvalue weighted by Crippen LogP contribution is 2.28. The summed E-state index contributed by atoms with van der Waals surface area (Å²) in [6.45, 7) is 1.50. The Labute approximate surface area is 102 Å². The summed E-state index contributed by atoms with van der Waals surface area (Å²) in [5, 5.41) is 13.5. The van der Waals surface area contributed by atoms with Crippen LogP contribution in [0, 0.1) is 21.7 Å². The molecule has 0 amide bonds. The minimum Gasteiger partial charge on any atom is -0.487 e. The normalized spacial score (nSPS) is 16.6. The molecule has 1 saturated heterocycles. The van der Waals surface area contributed by atoms with Crippen LogP contribution in [-0.4, -0.2) is 24.1 Å². The van der Waals surface area contributed by atoms with Crippen LogP contribution in [0.25, 0.3) is 0 Å². The van der Waals surface area contributed by atoms with E-state index < -0.39 is 22.2 Å². The molecular weight excluding hydrogens is 246 g/mol. The molecule has 1 aromatic carbocycles. The van der Waals surface area contributed by atoms with Crippen LogP contribution in [-0.2, 0) is 0 Å². The highest BCUT2D eigenvalue weighted by Gasteiger charge is 2.22. The number of ether oxygens (including phenoxy) is 1. The maximum Gasteiger partial charge on any atom is 0.307 e. The Kier molecular flexibility index (Phi) is 3.71. The minimum atomic E-state index is -1.09. The Balaban J connectivity index is 2.18. The molecule has 98 valence electrons. The summed E-state index contributed by atoms with van der Waals surface area (Å²) < 4.78 is 32.2. The number of hydrogen-bond donors (Lipinski definition) is 1. The molecule has 1 aliphatic rings. The Morgan fingerprint density at radius 1 is 1.28 bits per heavy atom. The highest BCUT2D eigenvalue weighted by atomic mass is 19.1. The molecule has 0 radical (unpaired) electrons. The van der Waals surface area contributed by atoms with E-state index in [1.807, 2.05) is 0 Å². The van der Waals surface area contributed by atoms with Crippen molar-refractivity contribution in [3.05, 3.63) is 33.9 Å². The number of nitro groups is 1. The quantitative estimate of drug-likeness (QED) is 0.665. The summed E-state index contributed by atoms with van der Waals surface area (Å²) in [7, 11) is 0. The van der Waals surface area contributed by atoms with E-state index in [4.69, 9.17) is 4.74 Å². The van der Waals surface area contributed by atoms with Gasteiger partial charge in [0, 0.05) is 6.07 Å². The zero-order valence-corrected chi connectivity index (χ0v) is 9.49. The smallest absolute Gasteiger partial charge is 0.307 e. The third-order valence-electron chi connectivity index (χ3n) is 2.78. The van der Waals surface area contributed by atoms with Gasteiger partial charge in [0.1, 0.15) is 6.10 Å². The number of halogens is 2. The lowest BCUT2D eigenvalue weighted by molar-refractivity contribution is -0.387. The summed E-state index contributed by atoms with van der Waals surface area (Å²) in [6, 6.07) is 1.28. The topological polar surface area (TPSA) is 64.4 Å². The molecule has 0 aliphatic carbocycles. The molecule has 1 aliphatic heterocycles. The van der Waals surface area contributed by atoms with E-state index in [1.165, 1.54) is 0 Å². The summed E-state index contributed by atoms with van der Waals surface area (Å²) in [4.78, 5) is 9.46. The average molecular weight is 258 g/mol. The number of nitrogens with zero attached hydrogens (tertiary/aromatic N) is 1. The average Bonchev–Trinajstić information content (AvgIpc) is 2.34. The van der Waals surface area contributed by atoms with Gasteiger partial charge in [0.2, 0.25) is 5.82 Å². The van der Waals surface area contributed by atoms with Gasteiger partial charge in [-0.1, -0.05) is 0 Å². The van der Waals surface area contributed by atoms with Crippen LogP contribution >= 0.6 is 0 Å². The van der Waals surface area contributed by atoms with Crippen LogP contribution in [0.1, 0.15) is 12.8 Å². The molecule has 0 unspecified atom stereocenters. The molecular formula is C11H12F2N2O3. The number of hydrogen-bond acceptors (Lipinski definition) is 4. The first-order valence-corrected chi connectivity index (χ1v) is 5.58. The molecule has 1 aromatic rings. The van der Waals surface area contributed by atoms with E-state index in [-0.39, 0.29) is 11.9 Å². The van der Waals surface area contributed by atoms with Crippen LogP contribution in [0.2, 0.25) is 0 Å². The molecule has 0 spiro atoms. The van der Waals surface area contributed by atoms with E-state index in [2.05, 4.69) is 5.32 Å². The van der Waals surface area contributed by atoms with Gasteiger partial charge >= 0.3 is 5.69 Å². The number of benzene rings is 1. The fourth-order valence-electron chi connectivity index (χ4n) is 1.84. The molecule has 18 heavy (non-hydrogen) atoms. The van der Waals surface area contributed by atoms with E-state index in [1.54, 1.807) is 0 Å². The Hall–Kier alpha value is -1.76. The standard InChI is InChI=1S/C11H12F2N2O3/c12-8-6-11(9(13)5-10(8)15(16)17)18-7-1-3-14-4-2-7/h5-7,14H,1-4H2. The molecule has 1 heterocycles. The summed E-state index contributed by atoms with van der Waals surface area (Å²) in [5.74, 6) is -2.28. The maximum atomic E-state index is 13.5. The highest BCUT2D eigenvalue weighted by molar-refractivity contribution is 5.39. The van der Waals surface area contributed by atoms with Gasteiger partial charge in [0.05, 0.1) is 11.0 Å². The van der Waals surface area contributed by atoms with Crippen molar-refractivity contribution in [2.75, 3.05) is 13.1 Å². The van der Waals surface area contributed by atoms with Crippen molar-refractivity contribution in [1.29, 1.82) is 0 Å². The Bertz CT molecular complexity index is 462. The van der Waals surface area contributed by atoms with Crippen molar-refractivity contribution >= 4 is 5.69 Å². The van der Waals surface area contributed by atoms with Crippen molar-refractivity contribution < 1.29 is 18.4 Å². The van der Waals surface area contributed by atoms with Gasteiger partial charge < -0.3 is 10.1 Å². The maximum absolute atomic E-state index is 13.5. The van der Waals surface area contributed by atoms with Gasteiger partial charge in [-0.3, -0.25) is 10.1 Å². The third-order valence-corrected chi connectivity index (χ3v) is 2.78. The molecule has 1 N–H and O–H groups in total. The van der Waals surface area contributed by atoms with Crippen molar-refractivity contribution in [3.8, 4) is 5.75 Å². The number of nitrogens with one attached hydrogen (secondary N) is 1. The lowest BCUT2D eigenvalue weighted by Crippen LogP contribution is -2.34. The lowest BCUT2D eigenvalue weighted by atomic mass is 10.1. The Morgan fingerprint density at radius 3 is 2.56 bits per heavy atom. The van der Waals surface area contributed by atoms with Crippen LogP contribution in [0.5, 0.6) is 5.75 Å². The second kappa shape index (κ2) is 5.26. The van der Waals surface area contributed by atoms with Gasteiger partial charge in [0.15, 0.2) is 11.6 Å². The van der Waals surface area contributed by atoms with Crippen molar-refractivity contribution in [2.24, 2.45) is 0 Å². The fraction of sp³-hybridized carbons (Fsp3) is 0.455. The van der Waals surface area contributed by atoms with Gasteiger partial charge in [0.25, 0.3) is 0 Å². The van der Waals surface area contributed by atoms with Crippen LogP contribution in [0.15, 0.2) is 12.1 Å². The number of nitro benzene ring substituents is 1. The number of rotatable bonds is 3. The summed E-state index contributed by atoms with van der Waals surface area (Å²) in [5.41, 5.74) is -0.884. The second-order valence-corrected chi connectivity index (χ2v) is 4.06. The first-order valence-electron chi connectivity index (χ1n) is 5.58. The molecule has 5 nitrogen and oxygen atoms in total. The monoisotopic (exact) mass is 258 g/mol. The van der Waals surface area contributed by atoms with Gasteiger partial charge in [-0.15, -0.1) is 0 Å². The first-order chi connectivity index (χ1) is 8.58. The molecule has 7 heteroatoms. The van der Waals surface area contributed by atoms with Crippen LogP contribution < -0.4 is 10.1 Å². The van der Waals surface area contributed by atoms with Crippen LogP contribution in [0.4, 0.5) is 14.5 Å². The predicted molar refractivity (Wildman–Crippen MR) is 59.5 cm³/mol. The largest absolute Gasteiger partial charge is 0.487 e. The van der Waals surface area contributed by atoms with Gasteiger partial charge in [-0.2, -0.15) is 4.39 Å². The molecule has 0 aromatic heterocycles. The van der Waals surface area contributed by atoms with Crippen LogP contribution in [0.3, 0.4) is 0 Å². The molecule has 0 atom stereocenters. The van der Waals surface area contributed by atoms with Gasteiger partial charge in [-0.05, 0) is 25.9 Å². The van der Waals surface area contributed by atoms with E-state index >= 15 is 0 Å². The number of piperidine rings is 1. The SMILES string of the molecule is O=[N+]([O-])c1cc(F)c(OC2CCNCC2)cc1F. The van der Waals surface area contributed by atoms with E-state index in [0.29, 0.717) is 18.9 Å². The van der Waals surface area contributed by atoms with Gasteiger partial charge in [-0.25, -0.2) is 4.39 Å². The fourth-order valence-corrected chi connectivity index (χ4v) is 1.84. The first kappa shape index (κ1) is 12.7. The second-order valence-electron chi connectivity index (χ2n) is 4.06. The molecule has 0 saturated carbocycles. The summed E-state index contributed by atoms with van der Waals surface area (Å²) in [6.07, 6.45) is 1.19. The minimum absolute atomic E-state index is 0.193. The Morgan fingerprint density at radius 2 is 1.94 bits per heavy atom.